The Labute approximate surface area is 110 Å². The molecule has 1 N–H and O–H groups in total. The maximum Gasteiger partial charge on any atom is 0.108 e. The van der Waals surface area contributed by atoms with Crippen molar-refractivity contribution in [2.24, 2.45) is 5.11 Å². The number of aliphatic hydroxyl groups is 1. The van der Waals surface area contributed by atoms with E-state index in [0.717, 1.165) is 4.90 Å². The highest BCUT2D eigenvalue weighted by Gasteiger charge is 2.35. The van der Waals surface area contributed by atoms with Gasteiger partial charge in [0.25, 0.3) is 0 Å². The Balaban J connectivity index is 2.04. The summed E-state index contributed by atoms with van der Waals surface area (Å²) in [5, 5.41) is 13.5. The third-order valence-corrected chi connectivity index (χ3v) is 4.00. The zero-order valence-electron chi connectivity index (χ0n) is 10.0. The fourth-order valence-corrected chi connectivity index (χ4v) is 3.08. The summed E-state index contributed by atoms with van der Waals surface area (Å²) in [6.07, 6.45) is -0.529. The third-order valence-electron chi connectivity index (χ3n) is 2.89. The Kier molecular flexibility index (Phi) is 4.49. The summed E-state index contributed by atoms with van der Waals surface area (Å²) in [5.74, 6) is 0. The van der Waals surface area contributed by atoms with Crippen LogP contribution in [-0.2, 0) is 4.74 Å². The first kappa shape index (κ1) is 13.2. The maximum atomic E-state index is 9.85. The zero-order valence-corrected chi connectivity index (χ0v) is 10.8. The molecule has 1 saturated heterocycles. The number of hydrogen-bond acceptors (Lipinski definition) is 4. The summed E-state index contributed by atoms with van der Waals surface area (Å²) in [4.78, 5) is 3.89. The first-order valence-corrected chi connectivity index (χ1v) is 6.68. The molecule has 1 aliphatic rings. The number of nitrogens with zero attached hydrogens (tertiary/aromatic N) is 3. The Hall–Kier alpha value is -1.20. The van der Waals surface area contributed by atoms with Crippen LogP contribution in [-0.4, -0.2) is 28.8 Å². The summed E-state index contributed by atoms with van der Waals surface area (Å²) in [5.41, 5.74) is 8.40. The molecule has 18 heavy (non-hydrogen) atoms. The molecule has 2 rings (SSSR count). The average Bonchev–Trinajstić information content (AvgIpc) is 2.37. The smallest absolute Gasteiger partial charge is 0.108 e. The third kappa shape index (κ3) is 3.17. The quantitative estimate of drug-likeness (QED) is 0.518. The minimum absolute atomic E-state index is 0.0960. The average molecular weight is 265 g/mol. The number of azide groups is 1. The fraction of sp³-hybridized carbons (Fsp3) is 0.500. The second kappa shape index (κ2) is 6.11. The molecule has 4 atom stereocenters. The topological polar surface area (TPSA) is 78.2 Å². The van der Waals surface area contributed by atoms with Gasteiger partial charge in [-0.25, -0.2) is 0 Å². The van der Waals surface area contributed by atoms with Crippen molar-refractivity contribution in [1.29, 1.82) is 0 Å². The molecule has 5 nitrogen and oxygen atoms in total. The van der Waals surface area contributed by atoms with Crippen LogP contribution in [0.4, 0.5) is 0 Å². The summed E-state index contributed by atoms with van der Waals surface area (Å²) < 4.78 is 5.71. The van der Waals surface area contributed by atoms with E-state index in [4.69, 9.17) is 10.3 Å². The van der Waals surface area contributed by atoms with E-state index >= 15 is 0 Å². The molecule has 96 valence electrons. The van der Waals surface area contributed by atoms with Crippen LogP contribution in [0.5, 0.6) is 0 Å². The zero-order chi connectivity index (χ0) is 13.0. The fourth-order valence-electron chi connectivity index (χ4n) is 1.93. The molecule has 0 radical (unpaired) electrons. The molecule has 6 heteroatoms. The maximum absolute atomic E-state index is 9.85. The predicted molar refractivity (Wildman–Crippen MR) is 70.2 cm³/mol. The summed E-state index contributed by atoms with van der Waals surface area (Å²) in [7, 11) is 0. The number of hydrogen-bond donors (Lipinski definition) is 1. The van der Waals surface area contributed by atoms with Crippen molar-refractivity contribution in [2.75, 3.05) is 0 Å². The van der Waals surface area contributed by atoms with Crippen LogP contribution < -0.4 is 0 Å². The summed E-state index contributed by atoms with van der Waals surface area (Å²) >= 11 is 1.58. The van der Waals surface area contributed by atoms with Crippen molar-refractivity contribution in [3.05, 3.63) is 40.8 Å². The van der Waals surface area contributed by atoms with Crippen LogP contribution in [0.1, 0.15) is 13.3 Å². The van der Waals surface area contributed by atoms with Gasteiger partial charge in [-0.1, -0.05) is 35.1 Å². The molecule has 1 heterocycles. The molecule has 1 aromatic carbocycles. The highest BCUT2D eigenvalue weighted by atomic mass is 32.2. The standard InChI is InChI=1S/C12H15N3O2S/c1-8-12(16)10(14-15-13)7-11(17-8)18-9-5-3-2-4-6-9/h2-6,8,10-12,16H,7H2,1H3/t8?,10-,11+,12-/m1/s1. The summed E-state index contributed by atoms with van der Waals surface area (Å²) in [6, 6.07) is 9.49. The monoisotopic (exact) mass is 265 g/mol. The summed E-state index contributed by atoms with van der Waals surface area (Å²) in [6.45, 7) is 1.79. The molecule has 0 aliphatic carbocycles. The molecule has 1 aromatic rings. The number of ether oxygens (including phenoxy) is 1. The van der Waals surface area contributed by atoms with Gasteiger partial charge >= 0.3 is 0 Å². The van der Waals surface area contributed by atoms with Gasteiger partial charge in [0, 0.05) is 9.81 Å². The van der Waals surface area contributed by atoms with Gasteiger partial charge in [0.15, 0.2) is 0 Å². The van der Waals surface area contributed by atoms with Crippen LogP contribution in [0, 0.1) is 0 Å². The molecule has 0 bridgehead atoms. The highest BCUT2D eigenvalue weighted by molar-refractivity contribution is 7.99. The minimum atomic E-state index is -0.728. The van der Waals surface area contributed by atoms with Gasteiger partial charge < -0.3 is 9.84 Å². The predicted octanol–water partition coefficient (Wildman–Crippen LogP) is 2.95. The highest BCUT2D eigenvalue weighted by Crippen LogP contribution is 2.33. The lowest BCUT2D eigenvalue weighted by Gasteiger charge is -2.35. The SMILES string of the molecule is CC1O[C@@H](Sc2ccccc2)C[C@@H](N=[N+]=[N-])[C@@H]1O. The molecular weight excluding hydrogens is 250 g/mol. The van der Waals surface area contributed by atoms with E-state index < -0.39 is 12.1 Å². The number of thioether (sulfide) groups is 1. The second-order valence-electron chi connectivity index (χ2n) is 4.20. The number of benzene rings is 1. The van der Waals surface area contributed by atoms with Crippen molar-refractivity contribution < 1.29 is 9.84 Å². The lowest BCUT2D eigenvalue weighted by Crippen LogP contribution is -2.44. The molecule has 0 amide bonds. The lowest BCUT2D eigenvalue weighted by atomic mass is 10.0. The van der Waals surface area contributed by atoms with Crippen LogP contribution in [0.2, 0.25) is 0 Å². The van der Waals surface area contributed by atoms with Gasteiger partial charge in [0.05, 0.1) is 18.2 Å². The van der Waals surface area contributed by atoms with Gasteiger partial charge in [-0.15, -0.1) is 0 Å². The molecule has 1 unspecified atom stereocenters. The van der Waals surface area contributed by atoms with Gasteiger partial charge in [-0.3, -0.25) is 0 Å². The van der Waals surface area contributed by atoms with E-state index in [1.54, 1.807) is 18.7 Å². The normalized spacial score (nSPS) is 31.7. The van der Waals surface area contributed by atoms with Crippen LogP contribution in [0.25, 0.3) is 10.4 Å². The lowest BCUT2D eigenvalue weighted by molar-refractivity contribution is -0.0866. The van der Waals surface area contributed by atoms with E-state index in [1.807, 2.05) is 30.3 Å². The van der Waals surface area contributed by atoms with E-state index in [1.165, 1.54) is 0 Å². The van der Waals surface area contributed by atoms with E-state index in [2.05, 4.69) is 10.0 Å². The van der Waals surface area contributed by atoms with Crippen LogP contribution in [0.3, 0.4) is 0 Å². The molecule has 1 aliphatic heterocycles. The van der Waals surface area contributed by atoms with Gasteiger partial charge in [-0.2, -0.15) is 0 Å². The van der Waals surface area contributed by atoms with Crippen molar-refractivity contribution in [1.82, 2.24) is 0 Å². The Morgan fingerprint density at radius 2 is 2.17 bits per heavy atom. The second-order valence-corrected chi connectivity index (χ2v) is 5.43. The minimum Gasteiger partial charge on any atom is -0.390 e. The van der Waals surface area contributed by atoms with Crippen molar-refractivity contribution >= 4 is 11.8 Å². The first-order chi connectivity index (χ1) is 8.70. The van der Waals surface area contributed by atoms with Crippen LogP contribution >= 0.6 is 11.8 Å². The molecule has 0 spiro atoms. The van der Waals surface area contributed by atoms with Gasteiger partial charge in [0.1, 0.15) is 5.44 Å². The Bertz CT molecular complexity index is 436. The number of aliphatic hydroxyl groups excluding tert-OH is 1. The van der Waals surface area contributed by atoms with Crippen molar-refractivity contribution in [2.45, 2.75) is 41.9 Å². The molecular formula is C12H15N3O2S. The van der Waals surface area contributed by atoms with E-state index in [-0.39, 0.29) is 11.5 Å². The van der Waals surface area contributed by atoms with Gasteiger partial charge in [-0.05, 0) is 31.0 Å². The van der Waals surface area contributed by atoms with E-state index in [9.17, 15) is 5.11 Å². The molecule has 1 fully saturated rings. The van der Waals surface area contributed by atoms with E-state index in [0.29, 0.717) is 6.42 Å². The largest absolute Gasteiger partial charge is 0.390 e. The van der Waals surface area contributed by atoms with Crippen molar-refractivity contribution in [3.8, 4) is 0 Å². The van der Waals surface area contributed by atoms with Gasteiger partial charge in [0.2, 0.25) is 0 Å². The van der Waals surface area contributed by atoms with Crippen molar-refractivity contribution in [3.63, 3.8) is 0 Å². The molecule has 0 saturated carbocycles. The molecule has 0 aromatic heterocycles. The van der Waals surface area contributed by atoms with Crippen LogP contribution in [0.15, 0.2) is 40.3 Å². The first-order valence-electron chi connectivity index (χ1n) is 5.80. The Morgan fingerprint density at radius 1 is 1.44 bits per heavy atom. The number of rotatable bonds is 3. The Morgan fingerprint density at radius 3 is 2.83 bits per heavy atom.